The zero-order valence-corrected chi connectivity index (χ0v) is 12.1. The Balaban J connectivity index is 0.000000188. The molecule has 3 fully saturated rings. The summed E-state index contributed by atoms with van der Waals surface area (Å²) in [6, 6.07) is 2.01. The smallest absolute Gasteiger partial charge is 0.342 e. The van der Waals surface area contributed by atoms with Crippen molar-refractivity contribution < 1.29 is 22.8 Å². The number of carbonyl (C=O) groups is 2. The van der Waals surface area contributed by atoms with Crippen LogP contribution in [-0.2, 0) is 9.59 Å². The lowest BCUT2D eigenvalue weighted by atomic mass is 10.1. The zero-order valence-electron chi connectivity index (χ0n) is 12.1. The number of hydrogen-bond acceptors (Lipinski definition) is 3. The Morgan fingerprint density at radius 2 is 1.73 bits per heavy atom. The predicted octanol–water partition coefficient (Wildman–Crippen LogP) is 1.74. The highest BCUT2D eigenvalue weighted by Crippen LogP contribution is 2.58. The fourth-order valence-corrected chi connectivity index (χ4v) is 2.49. The lowest BCUT2D eigenvalue weighted by molar-refractivity contribution is -0.197. The van der Waals surface area contributed by atoms with E-state index in [0.29, 0.717) is 19.5 Å². The number of nitrogens with one attached hydrogen (secondary N) is 1. The van der Waals surface area contributed by atoms with Gasteiger partial charge in [-0.2, -0.15) is 18.4 Å². The molecule has 0 radical (unpaired) electrons. The van der Waals surface area contributed by atoms with E-state index in [-0.39, 0.29) is 12.8 Å². The van der Waals surface area contributed by atoms with E-state index in [0.717, 1.165) is 25.7 Å². The fourth-order valence-electron chi connectivity index (χ4n) is 2.49. The molecular formula is C14H18F3N3O2. The van der Waals surface area contributed by atoms with Crippen LogP contribution in [0.3, 0.4) is 0 Å². The third-order valence-electron chi connectivity index (χ3n) is 4.39. The molecule has 2 saturated carbocycles. The van der Waals surface area contributed by atoms with Crippen LogP contribution in [0.5, 0.6) is 0 Å². The minimum absolute atomic E-state index is 0.0220. The Morgan fingerprint density at radius 1 is 1.18 bits per heavy atom. The van der Waals surface area contributed by atoms with E-state index < -0.39 is 23.0 Å². The van der Waals surface area contributed by atoms with E-state index in [4.69, 9.17) is 5.26 Å². The zero-order chi connectivity index (χ0) is 16.4. The van der Waals surface area contributed by atoms with Gasteiger partial charge >= 0.3 is 6.18 Å². The Kier molecular flexibility index (Phi) is 4.36. The second kappa shape index (κ2) is 5.78. The Morgan fingerprint density at radius 3 is 2.00 bits per heavy atom. The van der Waals surface area contributed by atoms with Crippen molar-refractivity contribution in [2.24, 2.45) is 5.41 Å². The molecule has 1 heterocycles. The van der Waals surface area contributed by atoms with E-state index in [1.165, 1.54) is 4.90 Å². The van der Waals surface area contributed by atoms with Crippen molar-refractivity contribution in [2.45, 2.75) is 50.2 Å². The Hall–Kier alpha value is -1.78. The number of nitrogens with zero attached hydrogens (tertiary/aromatic N) is 2. The van der Waals surface area contributed by atoms with E-state index in [2.05, 4.69) is 5.32 Å². The quantitative estimate of drug-likeness (QED) is 0.806. The van der Waals surface area contributed by atoms with Crippen LogP contribution in [0.25, 0.3) is 0 Å². The van der Waals surface area contributed by atoms with Crippen molar-refractivity contribution in [3.05, 3.63) is 0 Å². The molecule has 3 aliphatic rings. The van der Waals surface area contributed by atoms with Crippen molar-refractivity contribution in [2.75, 3.05) is 13.1 Å². The maximum absolute atomic E-state index is 12.6. The third-order valence-corrected chi connectivity index (χ3v) is 4.39. The van der Waals surface area contributed by atoms with Gasteiger partial charge in [0, 0.05) is 13.1 Å². The first kappa shape index (κ1) is 16.6. The van der Waals surface area contributed by atoms with E-state index in [9.17, 15) is 22.8 Å². The summed E-state index contributed by atoms with van der Waals surface area (Å²) in [5.74, 6) is -0.692. The summed E-state index contributed by atoms with van der Waals surface area (Å²) in [5.41, 5.74) is -2.47. The van der Waals surface area contributed by atoms with E-state index in [1.807, 2.05) is 6.07 Å². The van der Waals surface area contributed by atoms with Crippen LogP contribution in [0.2, 0.25) is 0 Å². The molecule has 0 aromatic rings. The second-order valence-electron chi connectivity index (χ2n) is 6.04. The number of likely N-dealkylation sites (tertiary alicyclic amines) is 1. The summed E-state index contributed by atoms with van der Waals surface area (Å²) in [7, 11) is 0. The summed E-state index contributed by atoms with van der Waals surface area (Å²) < 4.78 is 37.7. The molecule has 0 spiro atoms. The molecule has 3 rings (SSSR count). The van der Waals surface area contributed by atoms with Gasteiger partial charge in [0.05, 0.1) is 6.07 Å². The van der Waals surface area contributed by atoms with Crippen molar-refractivity contribution in [1.82, 2.24) is 10.2 Å². The van der Waals surface area contributed by atoms with Gasteiger partial charge in [-0.3, -0.25) is 9.59 Å². The standard InChI is InChI=1S/C9H12F3NO.C5H6N2O/c10-9(11,12)8(3-4-8)7(14)13-5-1-2-6-13;6-3-5(1-2-5)7-4-8/h1-6H2;4H,1-2H2,(H,7,8). The lowest BCUT2D eigenvalue weighted by Gasteiger charge is -2.24. The number of hydrogen-bond donors (Lipinski definition) is 1. The van der Waals surface area contributed by atoms with Gasteiger partial charge in [0.1, 0.15) is 11.0 Å². The minimum Gasteiger partial charge on any atom is -0.342 e. The molecule has 5 nitrogen and oxygen atoms in total. The first-order valence-electron chi connectivity index (χ1n) is 7.29. The fraction of sp³-hybridized carbons (Fsp3) is 0.786. The van der Waals surface area contributed by atoms with Crippen molar-refractivity contribution in [3.63, 3.8) is 0 Å². The summed E-state index contributed by atoms with van der Waals surface area (Å²) >= 11 is 0. The Bertz CT molecular complexity index is 485. The van der Waals surface area contributed by atoms with Gasteiger partial charge in [0.15, 0.2) is 0 Å². The maximum Gasteiger partial charge on any atom is 0.403 e. The molecule has 2 amide bonds. The van der Waals surface area contributed by atoms with E-state index >= 15 is 0 Å². The predicted molar refractivity (Wildman–Crippen MR) is 70.3 cm³/mol. The Labute approximate surface area is 126 Å². The molecule has 0 aromatic heterocycles. The molecule has 1 saturated heterocycles. The molecule has 122 valence electrons. The summed E-state index contributed by atoms with van der Waals surface area (Å²) in [6.07, 6.45) is -0.537. The molecule has 0 unspecified atom stereocenters. The minimum atomic E-state index is -4.35. The molecule has 0 atom stereocenters. The topological polar surface area (TPSA) is 73.2 Å². The number of carbonyl (C=O) groups excluding carboxylic acids is 2. The number of nitriles is 1. The lowest BCUT2D eigenvalue weighted by Crippen LogP contribution is -2.42. The first-order valence-corrected chi connectivity index (χ1v) is 7.29. The summed E-state index contributed by atoms with van der Waals surface area (Å²) in [5, 5.41) is 10.8. The summed E-state index contributed by atoms with van der Waals surface area (Å²) in [4.78, 5) is 22.7. The van der Waals surface area contributed by atoms with Crippen molar-refractivity contribution in [1.29, 1.82) is 5.26 Å². The third kappa shape index (κ3) is 3.18. The highest BCUT2D eigenvalue weighted by molar-refractivity contribution is 5.86. The highest BCUT2D eigenvalue weighted by atomic mass is 19.4. The normalized spacial score (nSPS) is 23.6. The molecule has 22 heavy (non-hydrogen) atoms. The van der Waals surface area contributed by atoms with Gasteiger partial charge in [-0.15, -0.1) is 0 Å². The molecule has 1 aliphatic heterocycles. The SMILES string of the molecule is N#CC1(NC=O)CC1.O=C(N1CCCC1)C1(C(F)(F)F)CC1. The van der Waals surface area contributed by atoms with Gasteiger partial charge in [-0.1, -0.05) is 0 Å². The van der Waals surface area contributed by atoms with Crippen LogP contribution in [-0.4, -0.2) is 42.0 Å². The van der Waals surface area contributed by atoms with Gasteiger partial charge in [-0.05, 0) is 38.5 Å². The van der Waals surface area contributed by atoms with Crippen LogP contribution in [0, 0.1) is 16.7 Å². The summed E-state index contributed by atoms with van der Waals surface area (Å²) in [6.45, 7) is 0.993. The maximum atomic E-state index is 12.6. The van der Waals surface area contributed by atoms with Crippen LogP contribution < -0.4 is 5.32 Å². The van der Waals surface area contributed by atoms with Gasteiger partial charge in [0.25, 0.3) is 0 Å². The molecule has 1 N–H and O–H groups in total. The highest BCUT2D eigenvalue weighted by Gasteiger charge is 2.69. The van der Waals surface area contributed by atoms with Gasteiger partial charge in [-0.25, -0.2) is 0 Å². The largest absolute Gasteiger partial charge is 0.403 e. The monoisotopic (exact) mass is 317 g/mol. The first-order chi connectivity index (χ1) is 10.3. The number of amides is 2. The molecule has 2 aliphatic carbocycles. The van der Waals surface area contributed by atoms with Gasteiger partial charge < -0.3 is 10.2 Å². The van der Waals surface area contributed by atoms with Crippen molar-refractivity contribution in [3.8, 4) is 6.07 Å². The van der Waals surface area contributed by atoms with Crippen LogP contribution in [0.15, 0.2) is 0 Å². The average Bonchev–Trinajstić information content (AvgIpc) is 3.37. The number of halogens is 3. The molecule has 8 heteroatoms. The molecular weight excluding hydrogens is 299 g/mol. The van der Waals surface area contributed by atoms with E-state index in [1.54, 1.807) is 0 Å². The molecule has 0 aromatic carbocycles. The van der Waals surface area contributed by atoms with Gasteiger partial charge in [0.2, 0.25) is 12.3 Å². The average molecular weight is 317 g/mol. The van der Waals surface area contributed by atoms with Crippen LogP contribution >= 0.6 is 0 Å². The number of rotatable bonds is 3. The van der Waals surface area contributed by atoms with Crippen molar-refractivity contribution >= 4 is 12.3 Å². The molecule has 0 bridgehead atoms. The van der Waals surface area contributed by atoms with Crippen LogP contribution in [0.1, 0.15) is 38.5 Å². The van der Waals surface area contributed by atoms with Crippen LogP contribution in [0.4, 0.5) is 13.2 Å². The number of alkyl halides is 3. The second-order valence-corrected chi connectivity index (χ2v) is 6.04.